The van der Waals surface area contributed by atoms with Gasteiger partial charge in [-0.1, -0.05) is 6.42 Å². The fourth-order valence-corrected chi connectivity index (χ4v) is 0.706. The number of halogens is 1. The summed E-state index contributed by atoms with van der Waals surface area (Å²) in [6.07, 6.45) is 3.12. The molecular weight excluding hydrogens is 288 g/mol. The molecule has 78 valence electrons. The van der Waals surface area contributed by atoms with Crippen molar-refractivity contribution in [3.05, 3.63) is 0 Å². The van der Waals surface area contributed by atoms with Crippen LogP contribution in [0, 0.1) is 0 Å². The average Bonchev–Trinajstić information content (AvgIpc) is 1.98. The normalized spacial score (nSPS) is 7.23. The number of carbonyl (C=O) groups is 1. The van der Waals surface area contributed by atoms with Crippen molar-refractivity contribution in [2.24, 2.45) is 5.73 Å². The van der Waals surface area contributed by atoms with E-state index in [0.29, 0.717) is 13.0 Å². The van der Waals surface area contributed by atoms with Gasteiger partial charge in [0.2, 0.25) is 0 Å². The van der Waals surface area contributed by atoms with Gasteiger partial charge in [-0.05, 0) is 19.4 Å². The molecule has 0 fully saturated rings. The number of carbonyl (C=O) groups excluding carboxylic acids is 1. The molecule has 0 heterocycles. The Bertz CT molecular complexity index is 110. The molecule has 0 unspecified atom stereocenters. The number of nitrogens with two attached hydrogens (primary N) is 1. The molecule has 0 aromatic carbocycles. The Balaban J connectivity index is -0.000000135. The Labute approximate surface area is 113 Å². The van der Waals surface area contributed by atoms with Gasteiger partial charge in [0.1, 0.15) is 11.9 Å². The van der Waals surface area contributed by atoms with Crippen LogP contribution >= 0.6 is 11.9 Å². The monoisotopic (exact) mass is 303 g/mol. The summed E-state index contributed by atoms with van der Waals surface area (Å²) in [5.74, 6) is -0.362. The van der Waals surface area contributed by atoms with Crippen LogP contribution in [-0.2, 0) is 35.3 Å². The van der Waals surface area contributed by atoms with E-state index in [2.05, 4.69) is 4.29 Å². The maximum absolute atomic E-state index is 10.4. The SMILES string of the molecule is NCCCCCC(=O)OCl.O.[AlH3].[Zr]. The zero-order chi connectivity index (χ0) is 7.82. The second-order valence-electron chi connectivity index (χ2n) is 2.05. The first-order chi connectivity index (χ1) is 4.81. The molecule has 0 aliphatic carbocycles. The Morgan fingerprint density at radius 2 is 1.85 bits per heavy atom. The molecule has 0 aliphatic rings. The van der Waals surface area contributed by atoms with E-state index in [4.69, 9.17) is 17.6 Å². The molecule has 0 spiro atoms. The van der Waals surface area contributed by atoms with Crippen LogP contribution in [0.4, 0.5) is 0 Å². The third-order valence-corrected chi connectivity index (χ3v) is 1.34. The summed E-state index contributed by atoms with van der Waals surface area (Å²) in [6.45, 7) is 0.677. The molecule has 4 N–H and O–H groups in total. The number of hydrogen-bond donors (Lipinski definition) is 1. The van der Waals surface area contributed by atoms with E-state index in [0.717, 1.165) is 19.3 Å². The minimum absolute atomic E-state index is 0. The van der Waals surface area contributed by atoms with Crippen LogP contribution in [0.1, 0.15) is 25.7 Å². The second-order valence-corrected chi connectivity index (χ2v) is 2.20. The number of rotatable bonds is 5. The van der Waals surface area contributed by atoms with Gasteiger partial charge in [-0.25, -0.2) is 0 Å². The molecule has 0 saturated heterocycles. The van der Waals surface area contributed by atoms with Crippen molar-refractivity contribution in [2.75, 3.05) is 6.54 Å². The first kappa shape index (κ1) is 23.7. The van der Waals surface area contributed by atoms with Crippen molar-refractivity contribution in [3.63, 3.8) is 0 Å². The molecule has 0 bridgehead atoms. The summed E-state index contributed by atoms with van der Waals surface area (Å²) in [7, 11) is 0. The zero-order valence-corrected chi connectivity index (χ0v) is 10.0. The summed E-state index contributed by atoms with van der Waals surface area (Å²) >= 11 is 4.79. The van der Waals surface area contributed by atoms with Gasteiger partial charge in [0.15, 0.2) is 17.4 Å². The van der Waals surface area contributed by atoms with E-state index in [-0.39, 0.29) is 55.0 Å². The van der Waals surface area contributed by atoms with Gasteiger partial charge in [-0.2, -0.15) is 0 Å². The minimum Gasteiger partial charge on any atom is -0.412 e. The number of unbranched alkanes of at least 4 members (excludes halogenated alkanes) is 2. The molecule has 0 saturated carbocycles. The first-order valence-corrected chi connectivity index (χ1v) is 3.63. The van der Waals surface area contributed by atoms with E-state index < -0.39 is 0 Å². The van der Waals surface area contributed by atoms with Crippen LogP contribution in [0.25, 0.3) is 0 Å². The molecule has 0 rings (SSSR count). The minimum atomic E-state index is -0.362. The van der Waals surface area contributed by atoms with E-state index >= 15 is 0 Å². The molecule has 13 heavy (non-hydrogen) atoms. The smallest absolute Gasteiger partial charge is 0.324 e. The van der Waals surface area contributed by atoms with Gasteiger partial charge in [0.25, 0.3) is 0 Å². The van der Waals surface area contributed by atoms with E-state index in [1.165, 1.54) is 0 Å². The average molecular weight is 305 g/mol. The summed E-state index contributed by atoms with van der Waals surface area (Å²) in [5, 5.41) is 0. The van der Waals surface area contributed by atoms with Crippen LogP contribution in [0.2, 0.25) is 0 Å². The Kier molecular flexibility index (Phi) is 34.3. The van der Waals surface area contributed by atoms with Crippen molar-refractivity contribution in [1.29, 1.82) is 0 Å². The zero-order valence-electron chi connectivity index (χ0n) is 6.81. The molecule has 0 aliphatic heterocycles. The van der Waals surface area contributed by atoms with Gasteiger partial charge in [0.05, 0.1) is 0 Å². The van der Waals surface area contributed by atoms with Crippen LogP contribution in [0.15, 0.2) is 0 Å². The van der Waals surface area contributed by atoms with Gasteiger partial charge < -0.3 is 15.5 Å². The maximum atomic E-state index is 10.4. The predicted molar refractivity (Wildman–Crippen MR) is 53.0 cm³/mol. The summed E-state index contributed by atoms with van der Waals surface area (Å²) in [6, 6.07) is 0. The van der Waals surface area contributed by atoms with Crippen molar-refractivity contribution < 1.29 is 40.8 Å². The molecule has 0 radical (unpaired) electrons. The second kappa shape index (κ2) is 18.8. The third-order valence-electron chi connectivity index (χ3n) is 1.17. The molecule has 0 aromatic heterocycles. The van der Waals surface area contributed by atoms with Gasteiger partial charge in [0, 0.05) is 32.6 Å². The summed E-state index contributed by atoms with van der Waals surface area (Å²) in [5.41, 5.74) is 5.24. The van der Waals surface area contributed by atoms with Crippen molar-refractivity contribution in [2.45, 2.75) is 25.7 Å². The molecule has 0 aromatic rings. The fourth-order valence-electron chi connectivity index (χ4n) is 0.629. The predicted octanol–water partition coefficient (Wildman–Crippen LogP) is -0.809. The molecular formula is C6H17AlClNO3Zr. The van der Waals surface area contributed by atoms with E-state index in [1.807, 2.05) is 0 Å². The molecule has 7 heteroatoms. The summed E-state index contributed by atoms with van der Waals surface area (Å²) in [4.78, 5) is 10.4. The maximum Gasteiger partial charge on any atom is 0.324 e. The molecule has 4 nitrogen and oxygen atoms in total. The van der Waals surface area contributed by atoms with Crippen LogP contribution in [-0.4, -0.2) is 35.4 Å². The van der Waals surface area contributed by atoms with E-state index in [9.17, 15) is 4.79 Å². The largest absolute Gasteiger partial charge is 0.412 e. The topological polar surface area (TPSA) is 83.8 Å². The number of hydrogen-bond acceptors (Lipinski definition) is 3. The van der Waals surface area contributed by atoms with Gasteiger partial charge in [-0.15, -0.1) is 0 Å². The Hall–Kier alpha value is 1.10. The van der Waals surface area contributed by atoms with E-state index in [1.54, 1.807) is 0 Å². The van der Waals surface area contributed by atoms with Crippen molar-refractivity contribution >= 4 is 35.2 Å². The van der Waals surface area contributed by atoms with Crippen molar-refractivity contribution in [3.8, 4) is 0 Å². The van der Waals surface area contributed by atoms with Crippen molar-refractivity contribution in [1.82, 2.24) is 0 Å². The Morgan fingerprint density at radius 1 is 1.31 bits per heavy atom. The summed E-state index contributed by atoms with van der Waals surface area (Å²) < 4.78 is 3.93. The third kappa shape index (κ3) is 19.5. The first-order valence-electron chi connectivity index (χ1n) is 3.32. The van der Waals surface area contributed by atoms with Gasteiger partial charge in [-0.3, -0.25) is 4.79 Å². The quantitative estimate of drug-likeness (QED) is 0.533. The van der Waals surface area contributed by atoms with Crippen LogP contribution in [0.3, 0.4) is 0 Å². The van der Waals surface area contributed by atoms with Gasteiger partial charge >= 0.3 is 5.97 Å². The molecule has 0 atom stereocenters. The van der Waals surface area contributed by atoms with Crippen LogP contribution in [0.5, 0.6) is 0 Å². The van der Waals surface area contributed by atoms with Crippen LogP contribution < -0.4 is 5.73 Å². The Morgan fingerprint density at radius 3 is 2.23 bits per heavy atom. The molecule has 0 amide bonds. The standard InChI is InChI=1S/C6H12ClNO2.Al.H2O.Zr.3H/c7-10-6(9)4-2-1-3-5-8;;;;;;/h1-5,8H2;;1H2;;;;. The fraction of sp³-hybridized carbons (Fsp3) is 0.833.